The molecule has 1 aromatic carbocycles. The Morgan fingerprint density at radius 1 is 1.26 bits per heavy atom. The van der Waals surface area contributed by atoms with Crippen LogP contribution < -0.4 is 5.32 Å². The minimum Gasteiger partial charge on any atom is -0.336 e. The summed E-state index contributed by atoms with van der Waals surface area (Å²) >= 11 is 0. The Morgan fingerprint density at radius 2 is 2.00 bits per heavy atom. The molecule has 1 atom stereocenters. The van der Waals surface area contributed by atoms with Crippen LogP contribution in [0.15, 0.2) is 24.3 Å². The summed E-state index contributed by atoms with van der Waals surface area (Å²) in [7, 11) is 0. The van der Waals surface area contributed by atoms with Crippen molar-refractivity contribution in [1.82, 2.24) is 4.90 Å². The summed E-state index contributed by atoms with van der Waals surface area (Å²) in [5.41, 5.74) is 1.17. The fraction of sp³-hybridized carbons (Fsp3) is 0.467. The van der Waals surface area contributed by atoms with E-state index in [1.165, 1.54) is 13.3 Å². The number of carbonyl (C=O) groups is 2. The van der Waals surface area contributed by atoms with Gasteiger partial charge in [0.25, 0.3) is 5.91 Å². The Labute approximate surface area is 113 Å². The smallest absolute Gasteiger partial charge is 0.256 e. The molecule has 1 fully saturated rings. The third kappa shape index (κ3) is 3.13. The van der Waals surface area contributed by atoms with E-state index in [1.807, 2.05) is 17.0 Å². The molecule has 1 aliphatic heterocycles. The zero-order valence-electron chi connectivity index (χ0n) is 11.5. The minimum absolute atomic E-state index is 0.0107. The van der Waals surface area contributed by atoms with Crippen LogP contribution in [0, 0.1) is 0 Å². The van der Waals surface area contributed by atoms with Crippen molar-refractivity contribution in [2.24, 2.45) is 0 Å². The predicted molar refractivity (Wildman–Crippen MR) is 75.1 cm³/mol. The number of likely N-dealkylation sites (tertiary alicyclic amines) is 1. The van der Waals surface area contributed by atoms with E-state index >= 15 is 0 Å². The first-order chi connectivity index (χ1) is 9.09. The molecule has 0 bridgehead atoms. The zero-order chi connectivity index (χ0) is 13.8. The number of para-hydroxylation sites is 1. The van der Waals surface area contributed by atoms with Gasteiger partial charge in [-0.05, 0) is 38.3 Å². The molecule has 102 valence electrons. The summed E-state index contributed by atoms with van der Waals surface area (Å²) in [6.45, 7) is 4.33. The first-order valence-electron chi connectivity index (χ1n) is 6.77. The van der Waals surface area contributed by atoms with E-state index < -0.39 is 0 Å². The van der Waals surface area contributed by atoms with Crippen LogP contribution in [0.25, 0.3) is 0 Å². The van der Waals surface area contributed by atoms with Gasteiger partial charge in [-0.25, -0.2) is 0 Å². The predicted octanol–water partition coefficient (Wildman–Crippen LogP) is 2.66. The molecule has 2 rings (SSSR count). The standard InChI is InChI=1S/C15H20N2O2/c1-11-7-5-6-10-17(11)15(19)13-8-3-4-9-14(13)16-12(2)18/h3-4,8-9,11H,5-7,10H2,1-2H3,(H,16,18). The third-order valence-corrected chi connectivity index (χ3v) is 3.53. The van der Waals surface area contributed by atoms with Gasteiger partial charge in [0.15, 0.2) is 0 Å². The largest absolute Gasteiger partial charge is 0.336 e. The SMILES string of the molecule is CC(=O)Nc1ccccc1C(=O)N1CCCCC1C. The number of amides is 2. The van der Waals surface area contributed by atoms with Gasteiger partial charge in [0, 0.05) is 19.5 Å². The fourth-order valence-corrected chi connectivity index (χ4v) is 2.52. The topological polar surface area (TPSA) is 49.4 Å². The molecule has 4 heteroatoms. The van der Waals surface area contributed by atoms with Crippen molar-refractivity contribution in [1.29, 1.82) is 0 Å². The lowest BCUT2D eigenvalue weighted by molar-refractivity contribution is -0.114. The van der Waals surface area contributed by atoms with Crippen LogP contribution in [0.5, 0.6) is 0 Å². The summed E-state index contributed by atoms with van der Waals surface area (Å²) in [4.78, 5) is 25.7. The van der Waals surface area contributed by atoms with E-state index in [0.717, 1.165) is 19.4 Å². The van der Waals surface area contributed by atoms with Gasteiger partial charge in [-0.1, -0.05) is 12.1 Å². The molecular formula is C15H20N2O2. The second-order valence-electron chi connectivity index (χ2n) is 5.07. The number of rotatable bonds is 2. The summed E-state index contributed by atoms with van der Waals surface area (Å²) < 4.78 is 0. The van der Waals surface area contributed by atoms with Crippen molar-refractivity contribution < 1.29 is 9.59 Å². The lowest BCUT2D eigenvalue weighted by atomic mass is 10.0. The number of carbonyl (C=O) groups excluding carboxylic acids is 2. The normalized spacial score (nSPS) is 19.1. The average molecular weight is 260 g/mol. The molecule has 0 radical (unpaired) electrons. The minimum atomic E-state index is -0.160. The molecule has 1 N–H and O–H groups in total. The molecule has 4 nitrogen and oxygen atoms in total. The van der Waals surface area contributed by atoms with Crippen LogP contribution in [0.4, 0.5) is 5.69 Å². The third-order valence-electron chi connectivity index (χ3n) is 3.53. The molecule has 0 spiro atoms. The van der Waals surface area contributed by atoms with Crippen molar-refractivity contribution >= 4 is 17.5 Å². The van der Waals surface area contributed by atoms with Crippen LogP contribution in [-0.4, -0.2) is 29.3 Å². The number of hydrogen-bond acceptors (Lipinski definition) is 2. The summed E-state index contributed by atoms with van der Waals surface area (Å²) in [6, 6.07) is 7.46. The average Bonchev–Trinajstić information content (AvgIpc) is 2.38. The maximum atomic E-state index is 12.6. The van der Waals surface area contributed by atoms with Gasteiger partial charge < -0.3 is 10.2 Å². The molecule has 1 saturated heterocycles. The van der Waals surface area contributed by atoms with Crippen molar-refractivity contribution in [3.8, 4) is 0 Å². The Bertz CT molecular complexity index is 485. The van der Waals surface area contributed by atoms with Crippen LogP contribution in [0.2, 0.25) is 0 Å². The molecule has 0 aromatic heterocycles. The molecule has 19 heavy (non-hydrogen) atoms. The molecular weight excluding hydrogens is 240 g/mol. The van der Waals surface area contributed by atoms with Crippen molar-refractivity contribution in [2.75, 3.05) is 11.9 Å². The maximum Gasteiger partial charge on any atom is 0.256 e. The molecule has 0 saturated carbocycles. The highest BCUT2D eigenvalue weighted by molar-refractivity contribution is 6.03. The van der Waals surface area contributed by atoms with Crippen LogP contribution in [0.3, 0.4) is 0 Å². The fourth-order valence-electron chi connectivity index (χ4n) is 2.52. The maximum absolute atomic E-state index is 12.6. The van der Waals surface area contributed by atoms with E-state index in [0.29, 0.717) is 11.3 Å². The number of piperidine rings is 1. The quantitative estimate of drug-likeness (QED) is 0.888. The molecule has 1 aliphatic rings. The summed E-state index contributed by atoms with van der Waals surface area (Å²) in [6.07, 6.45) is 3.28. The highest BCUT2D eigenvalue weighted by atomic mass is 16.2. The lowest BCUT2D eigenvalue weighted by Crippen LogP contribution is -2.42. The van der Waals surface area contributed by atoms with E-state index in [9.17, 15) is 9.59 Å². The number of benzene rings is 1. The monoisotopic (exact) mass is 260 g/mol. The Balaban J connectivity index is 2.25. The highest BCUT2D eigenvalue weighted by Crippen LogP contribution is 2.23. The van der Waals surface area contributed by atoms with Crippen LogP contribution >= 0.6 is 0 Å². The number of nitrogens with one attached hydrogen (secondary N) is 1. The second kappa shape index (κ2) is 5.87. The molecule has 1 heterocycles. The first kappa shape index (κ1) is 13.6. The van der Waals surface area contributed by atoms with Crippen LogP contribution in [-0.2, 0) is 4.79 Å². The van der Waals surface area contributed by atoms with Crippen molar-refractivity contribution in [3.63, 3.8) is 0 Å². The van der Waals surface area contributed by atoms with Gasteiger partial charge in [0.05, 0.1) is 11.3 Å². The lowest BCUT2D eigenvalue weighted by Gasteiger charge is -2.33. The van der Waals surface area contributed by atoms with Gasteiger partial charge in [-0.15, -0.1) is 0 Å². The Kier molecular flexibility index (Phi) is 4.20. The van der Waals surface area contributed by atoms with Gasteiger partial charge in [0.2, 0.25) is 5.91 Å². The second-order valence-corrected chi connectivity index (χ2v) is 5.07. The Morgan fingerprint density at radius 3 is 2.68 bits per heavy atom. The van der Waals surface area contributed by atoms with Gasteiger partial charge in [-0.2, -0.15) is 0 Å². The molecule has 1 unspecified atom stereocenters. The van der Waals surface area contributed by atoms with Gasteiger partial charge in [-0.3, -0.25) is 9.59 Å². The zero-order valence-corrected chi connectivity index (χ0v) is 11.5. The molecule has 2 amide bonds. The number of hydrogen-bond donors (Lipinski definition) is 1. The van der Waals surface area contributed by atoms with E-state index in [-0.39, 0.29) is 17.9 Å². The van der Waals surface area contributed by atoms with E-state index in [1.54, 1.807) is 12.1 Å². The van der Waals surface area contributed by atoms with E-state index in [2.05, 4.69) is 12.2 Å². The van der Waals surface area contributed by atoms with Crippen molar-refractivity contribution in [2.45, 2.75) is 39.2 Å². The first-order valence-corrected chi connectivity index (χ1v) is 6.77. The number of nitrogens with zero attached hydrogens (tertiary/aromatic N) is 1. The van der Waals surface area contributed by atoms with Crippen LogP contribution in [0.1, 0.15) is 43.5 Å². The Hall–Kier alpha value is -1.84. The molecule has 1 aromatic rings. The van der Waals surface area contributed by atoms with Crippen molar-refractivity contribution in [3.05, 3.63) is 29.8 Å². The summed E-state index contributed by atoms with van der Waals surface area (Å²) in [5.74, 6) is -0.150. The highest BCUT2D eigenvalue weighted by Gasteiger charge is 2.25. The van der Waals surface area contributed by atoms with Gasteiger partial charge in [0.1, 0.15) is 0 Å². The van der Waals surface area contributed by atoms with E-state index in [4.69, 9.17) is 0 Å². The summed E-state index contributed by atoms with van der Waals surface area (Å²) in [5, 5.41) is 2.72. The molecule has 0 aliphatic carbocycles. The van der Waals surface area contributed by atoms with Gasteiger partial charge >= 0.3 is 0 Å². The number of anilines is 1.